The molecule has 1 heterocycles. The van der Waals surface area contributed by atoms with E-state index in [1.165, 1.54) is 0 Å². The van der Waals surface area contributed by atoms with E-state index < -0.39 is 0 Å². The number of amides is 1. The summed E-state index contributed by atoms with van der Waals surface area (Å²) in [4.78, 5) is 27.6. The summed E-state index contributed by atoms with van der Waals surface area (Å²) in [6, 6.07) is 16.4. The predicted octanol–water partition coefficient (Wildman–Crippen LogP) is 4.74. The molecule has 0 N–H and O–H groups in total. The highest BCUT2D eigenvalue weighted by Crippen LogP contribution is 2.44. The Kier molecular flexibility index (Phi) is 4.55. The van der Waals surface area contributed by atoms with E-state index in [0.29, 0.717) is 34.7 Å². The van der Waals surface area contributed by atoms with E-state index in [0.717, 1.165) is 17.7 Å². The topological polar surface area (TPSA) is 61.2 Å². The van der Waals surface area contributed by atoms with Crippen molar-refractivity contribution in [1.29, 1.82) is 5.26 Å². The first-order valence-electron chi connectivity index (χ1n) is 8.94. The van der Waals surface area contributed by atoms with Crippen LogP contribution in [0.5, 0.6) is 0 Å². The SMILES string of the molecule is N#Cc1ccc(N2C(=O)CC(c3ccccc3Cl)C3=C2CCCC3=O)cc1. The number of nitriles is 1. The zero-order valence-electron chi connectivity index (χ0n) is 14.6. The van der Waals surface area contributed by atoms with Crippen molar-refractivity contribution in [2.75, 3.05) is 4.90 Å². The van der Waals surface area contributed by atoms with E-state index >= 15 is 0 Å². The van der Waals surface area contributed by atoms with Gasteiger partial charge in [-0.2, -0.15) is 5.26 Å². The molecule has 1 unspecified atom stereocenters. The summed E-state index contributed by atoms with van der Waals surface area (Å²) in [7, 11) is 0. The summed E-state index contributed by atoms with van der Waals surface area (Å²) in [5.74, 6) is -0.269. The first kappa shape index (κ1) is 17.5. The minimum Gasteiger partial charge on any atom is -0.294 e. The summed E-state index contributed by atoms with van der Waals surface area (Å²) < 4.78 is 0. The summed E-state index contributed by atoms with van der Waals surface area (Å²) in [5, 5.41) is 9.58. The Balaban J connectivity index is 1.86. The predicted molar refractivity (Wildman–Crippen MR) is 103 cm³/mol. The Morgan fingerprint density at radius 1 is 1.04 bits per heavy atom. The van der Waals surface area contributed by atoms with Crippen LogP contribution in [0.25, 0.3) is 0 Å². The Labute approximate surface area is 162 Å². The van der Waals surface area contributed by atoms with Gasteiger partial charge in [0.15, 0.2) is 5.78 Å². The van der Waals surface area contributed by atoms with Crippen molar-refractivity contribution in [2.24, 2.45) is 0 Å². The number of halogens is 1. The van der Waals surface area contributed by atoms with Crippen molar-refractivity contribution in [2.45, 2.75) is 31.6 Å². The minimum absolute atomic E-state index is 0.0573. The zero-order valence-corrected chi connectivity index (χ0v) is 15.4. The number of carbonyl (C=O) groups excluding carboxylic acids is 2. The van der Waals surface area contributed by atoms with E-state index in [9.17, 15) is 9.59 Å². The molecular weight excluding hydrogens is 360 g/mol. The lowest BCUT2D eigenvalue weighted by atomic mass is 9.77. The molecule has 1 aliphatic heterocycles. The second kappa shape index (κ2) is 7.02. The molecule has 0 aromatic heterocycles. The van der Waals surface area contributed by atoms with Gasteiger partial charge in [0.25, 0.3) is 0 Å². The van der Waals surface area contributed by atoms with Crippen LogP contribution in [0.15, 0.2) is 59.8 Å². The van der Waals surface area contributed by atoms with E-state index in [4.69, 9.17) is 16.9 Å². The Morgan fingerprint density at radius 3 is 2.48 bits per heavy atom. The number of anilines is 1. The van der Waals surface area contributed by atoms with Crippen LogP contribution in [0.3, 0.4) is 0 Å². The second-order valence-corrected chi connectivity index (χ2v) is 7.21. The molecule has 0 bridgehead atoms. The van der Waals surface area contributed by atoms with Gasteiger partial charge in [-0.15, -0.1) is 0 Å². The number of Topliss-reactive ketones (excluding diaryl/α,β-unsaturated/α-hetero) is 1. The molecule has 0 radical (unpaired) electrons. The molecule has 0 fully saturated rings. The molecule has 0 saturated carbocycles. The van der Waals surface area contributed by atoms with Crippen molar-refractivity contribution >= 4 is 29.0 Å². The number of hydrogen-bond donors (Lipinski definition) is 0. The van der Waals surface area contributed by atoms with Crippen molar-refractivity contribution < 1.29 is 9.59 Å². The maximum atomic E-state index is 13.1. The smallest absolute Gasteiger partial charge is 0.232 e. The van der Waals surface area contributed by atoms with Gasteiger partial charge in [0.05, 0.1) is 11.6 Å². The number of benzene rings is 2. The minimum atomic E-state index is -0.302. The van der Waals surface area contributed by atoms with Gasteiger partial charge >= 0.3 is 0 Å². The number of ketones is 1. The number of carbonyl (C=O) groups is 2. The lowest BCUT2D eigenvalue weighted by molar-refractivity contribution is -0.119. The number of rotatable bonds is 2. The molecule has 1 amide bonds. The van der Waals surface area contributed by atoms with Crippen LogP contribution in [0.2, 0.25) is 5.02 Å². The number of allylic oxidation sites excluding steroid dienone is 2. The van der Waals surface area contributed by atoms with Crippen LogP contribution < -0.4 is 4.90 Å². The average molecular weight is 377 g/mol. The number of hydrogen-bond acceptors (Lipinski definition) is 3. The van der Waals surface area contributed by atoms with Gasteiger partial charge in [0.2, 0.25) is 5.91 Å². The van der Waals surface area contributed by atoms with Gasteiger partial charge in [0, 0.05) is 40.7 Å². The lowest BCUT2D eigenvalue weighted by Gasteiger charge is -2.38. The van der Waals surface area contributed by atoms with E-state index in [2.05, 4.69) is 6.07 Å². The van der Waals surface area contributed by atoms with Crippen LogP contribution in [0.1, 0.15) is 42.7 Å². The van der Waals surface area contributed by atoms with Crippen molar-refractivity contribution in [3.05, 3.63) is 76.0 Å². The summed E-state index contributed by atoms with van der Waals surface area (Å²) in [5.41, 5.74) is 3.54. The normalized spacial score (nSPS) is 19.7. The summed E-state index contributed by atoms with van der Waals surface area (Å²) in [6.07, 6.45) is 2.10. The summed E-state index contributed by atoms with van der Waals surface area (Å²) >= 11 is 6.38. The monoisotopic (exact) mass is 376 g/mol. The maximum Gasteiger partial charge on any atom is 0.232 e. The zero-order chi connectivity index (χ0) is 19.0. The molecular formula is C22H17ClN2O2. The highest BCUT2D eigenvalue weighted by atomic mass is 35.5. The molecule has 2 aliphatic rings. The molecule has 134 valence electrons. The van der Waals surface area contributed by atoms with Crippen LogP contribution >= 0.6 is 11.6 Å². The van der Waals surface area contributed by atoms with E-state index in [1.807, 2.05) is 18.2 Å². The fourth-order valence-electron chi connectivity index (χ4n) is 4.00. The second-order valence-electron chi connectivity index (χ2n) is 6.80. The fourth-order valence-corrected chi connectivity index (χ4v) is 4.27. The third-order valence-corrected chi connectivity index (χ3v) is 5.55. The van der Waals surface area contributed by atoms with E-state index in [-0.39, 0.29) is 24.0 Å². The van der Waals surface area contributed by atoms with Crippen molar-refractivity contribution in [3.63, 3.8) is 0 Å². The largest absolute Gasteiger partial charge is 0.294 e. The maximum absolute atomic E-state index is 13.1. The molecule has 2 aromatic rings. The van der Waals surface area contributed by atoms with Crippen LogP contribution in [-0.2, 0) is 9.59 Å². The first-order valence-corrected chi connectivity index (χ1v) is 9.31. The van der Waals surface area contributed by atoms with Gasteiger partial charge in [-0.3, -0.25) is 14.5 Å². The standard InChI is InChI=1S/C22H17ClN2O2/c23-18-5-2-1-4-16(18)17-12-21(27)25(15-10-8-14(13-24)9-11-15)19-6-3-7-20(26)22(17)19/h1-2,4-5,8-11,17H,3,6-7,12H2. The quantitative estimate of drug-likeness (QED) is 0.760. The van der Waals surface area contributed by atoms with Crippen LogP contribution in [-0.4, -0.2) is 11.7 Å². The van der Waals surface area contributed by atoms with Crippen LogP contribution in [0.4, 0.5) is 5.69 Å². The van der Waals surface area contributed by atoms with Gasteiger partial charge in [-0.25, -0.2) is 0 Å². The first-order chi connectivity index (χ1) is 13.1. The molecule has 0 saturated heterocycles. The number of nitrogens with zero attached hydrogens (tertiary/aromatic N) is 2. The molecule has 5 heteroatoms. The molecule has 2 aromatic carbocycles. The summed E-state index contributed by atoms with van der Waals surface area (Å²) in [6.45, 7) is 0. The molecule has 4 rings (SSSR count). The molecule has 1 atom stereocenters. The van der Waals surface area contributed by atoms with Gasteiger partial charge in [-0.05, 0) is 48.7 Å². The highest BCUT2D eigenvalue weighted by Gasteiger charge is 2.40. The third kappa shape index (κ3) is 3.05. The Morgan fingerprint density at radius 2 is 1.78 bits per heavy atom. The third-order valence-electron chi connectivity index (χ3n) is 5.21. The molecule has 4 nitrogen and oxygen atoms in total. The Bertz CT molecular complexity index is 1000. The van der Waals surface area contributed by atoms with Crippen molar-refractivity contribution in [1.82, 2.24) is 0 Å². The van der Waals surface area contributed by atoms with E-state index in [1.54, 1.807) is 35.2 Å². The highest BCUT2D eigenvalue weighted by molar-refractivity contribution is 6.31. The molecule has 27 heavy (non-hydrogen) atoms. The Hall–Kier alpha value is -2.90. The van der Waals surface area contributed by atoms with Gasteiger partial charge < -0.3 is 0 Å². The average Bonchev–Trinajstić information content (AvgIpc) is 2.68. The van der Waals surface area contributed by atoms with Crippen molar-refractivity contribution in [3.8, 4) is 6.07 Å². The van der Waals surface area contributed by atoms with Gasteiger partial charge in [0.1, 0.15) is 0 Å². The van der Waals surface area contributed by atoms with Gasteiger partial charge in [-0.1, -0.05) is 29.8 Å². The molecule has 0 spiro atoms. The molecule has 1 aliphatic carbocycles. The lowest BCUT2D eigenvalue weighted by Crippen LogP contribution is -2.40. The fraction of sp³-hybridized carbons (Fsp3) is 0.227. The van der Waals surface area contributed by atoms with Crippen LogP contribution in [0, 0.1) is 11.3 Å².